The Balaban J connectivity index is 2.60. The average molecular weight is 251 g/mol. The zero-order chi connectivity index (χ0) is 13.5. The van der Waals surface area contributed by atoms with Gasteiger partial charge in [-0.1, -0.05) is 12.2 Å². The summed E-state index contributed by atoms with van der Waals surface area (Å²) in [6, 6.07) is 0. The Morgan fingerprint density at radius 2 is 1.61 bits per heavy atom. The third-order valence-electron chi connectivity index (χ3n) is 2.96. The maximum absolute atomic E-state index is 12.0. The summed E-state index contributed by atoms with van der Waals surface area (Å²) >= 11 is 0. The smallest absolute Gasteiger partial charge is 0.312 e. The third kappa shape index (κ3) is 3.70. The van der Waals surface area contributed by atoms with E-state index >= 15 is 0 Å². The van der Waals surface area contributed by atoms with E-state index in [9.17, 15) is 9.59 Å². The van der Waals surface area contributed by atoms with Gasteiger partial charge in [-0.2, -0.15) is 0 Å². The molecule has 1 aliphatic rings. The van der Waals surface area contributed by atoms with Crippen LogP contribution in [-0.2, 0) is 9.59 Å². The highest BCUT2D eigenvalue weighted by atomic mass is 16.2. The Morgan fingerprint density at radius 3 is 2.06 bits per heavy atom. The molecule has 18 heavy (non-hydrogen) atoms. The molecule has 1 heterocycles. The molecule has 0 radical (unpaired) electrons. The summed E-state index contributed by atoms with van der Waals surface area (Å²) < 4.78 is 0. The van der Waals surface area contributed by atoms with Crippen molar-refractivity contribution in [3.63, 3.8) is 0 Å². The molecule has 1 aliphatic heterocycles. The van der Waals surface area contributed by atoms with Gasteiger partial charge in [0.25, 0.3) is 0 Å². The molecule has 0 N–H and O–H groups in total. The topological polar surface area (TPSA) is 43.9 Å². The van der Waals surface area contributed by atoms with E-state index in [4.69, 9.17) is 0 Å². The van der Waals surface area contributed by atoms with Gasteiger partial charge in [0.15, 0.2) is 0 Å². The minimum Gasteiger partial charge on any atom is -0.332 e. The molecule has 0 unspecified atom stereocenters. The van der Waals surface area contributed by atoms with Gasteiger partial charge in [0, 0.05) is 39.3 Å². The van der Waals surface area contributed by atoms with Crippen LogP contribution in [0.5, 0.6) is 0 Å². The van der Waals surface area contributed by atoms with Gasteiger partial charge >= 0.3 is 11.8 Å². The molecule has 1 rings (SSSR count). The Labute approximate surface area is 108 Å². The number of nitrogens with zero attached hydrogens (tertiary/aromatic N) is 3. The molecule has 0 atom stereocenters. The zero-order valence-electron chi connectivity index (χ0n) is 11.0. The second kappa shape index (κ2) is 6.96. The number of hydrogen-bond acceptors (Lipinski definition) is 3. The van der Waals surface area contributed by atoms with Gasteiger partial charge in [0.1, 0.15) is 0 Å². The number of hydrogen-bond donors (Lipinski definition) is 0. The van der Waals surface area contributed by atoms with Gasteiger partial charge in [-0.25, -0.2) is 0 Å². The van der Waals surface area contributed by atoms with Crippen LogP contribution in [0.2, 0.25) is 0 Å². The lowest BCUT2D eigenvalue weighted by molar-refractivity contribution is -0.152. The molecule has 0 spiro atoms. The van der Waals surface area contributed by atoms with Gasteiger partial charge in [-0.15, -0.1) is 13.2 Å². The van der Waals surface area contributed by atoms with Crippen molar-refractivity contribution in [1.82, 2.24) is 14.7 Å². The van der Waals surface area contributed by atoms with Crippen molar-refractivity contribution in [1.29, 1.82) is 0 Å². The lowest BCUT2D eigenvalue weighted by Gasteiger charge is -2.33. The molecule has 0 saturated carbocycles. The van der Waals surface area contributed by atoms with Crippen LogP contribution in [0.3, 0.4) is 0 Å². The molecular weight excluding hydrogens is 230 g/mol. The SMILES string of the molecule is C=CCN(CC=C)C(=O)C(=O)N1CCN(C)CC1. The quantitative estimate of drug-likeness (QED) is 0.520. The largest absolute Gasteiger partial charge is 0.332 e. The molecule has 1 fully saturated rings. The van der Waals surface area contributed by atoms with Crippen LogP contribution in [0.25, 0.3) is 0 Å². The molecule has 0 aromatic heterocycles. The van der Waals surface area contributed by atoms with Crippen molar-refractivity contribution in [3.8, 4) is 0 Å². The molecule has 100 valence electrons. The Hall–Kier alpha value is -1.62. The molecule has 2 amide bonds. The highest BCUT2D eigenvalue weighted by Gasteiger charge is 2.27. The van der Waals surface area contributed by atoms with E-state index in [2.05, 4.69) is 18.1 Å². The lowest BCUT2D eigenvalue weighted by atomic mass is 10.3. The van der Waals surface area contributed by atoms with Crippen molar-refractivity contribution >= 4 is 11.8 Å². The first-order chi connectivity index (χ1) is 8.60. The zero-order valence-corrected chi connectivity index (χ0v) is 11.0. The second-order valence-corrected chi connectivity index (χ2v) is 4.38. The van der Waals surface area contributed by atoms with Crippen LogP contribution in [0, 0.1) is 0 Å². The molecule has 0 aromatic rings. The average Bonchev–Trinajstić information content (AvgIpc) is 2.38. The molecule has 5 nitrogen and oxygen atoms in total. The number of carbonyl (C=O) groups excluding carboxylic acids is 2. The van der Waals surface area contributed by atoms with E-state index in [1.54, 1.807) is 17.1 Å². The summed E-state index contributed by atoms with van der Waals surface area (Å²) in [5.41, 5.74) is 0. The summed E-state index contributed by atoms with van der Waals surface area (Å²) in [6.07, 6.45) is 3.22. The van der Waals surface area contributed by atoms with Crippen molar-refractivity contribution < 1.29 is 9.59 Å². The van der Waals surface area contributed by atoms with Crippen LogP contribution in [0.1, 0.15) is 0 Å². The number of likely N-dealkylation sites (N-methyl/N-ethyl adjacent to an activating group) is 1. The van der Waals surface area contributed by atoms with E-state index in [-0.39, 0.29) is 0 Å². The lowest BCUT2D eigenvalue weighted by Crippen LogP contribution is -2.52. The first-order valence-corrected chi connectivity index (χ1v) is 6.08. The van der Waals surface area contributed by atoms with Gasteiger partial charge < -0.3 is 14.7 Å². The van der Waals surface area contributed by atoms with Gasteiger partial charge in [-0.3, -0.25) is 9.59 Å². The molecule has 5 heteroatoms. The summed E-state index contributed by atoms with van der Waals surface area (Å²) in [4.78, 5) is 29.3. The van der Waals surface area contributed by atoms with Crippen LogP contribution in [-0.4, -0.2) is 72.8 Å². The second-order valence-electron chi connectivity index (χ2n) is 4.38. The molecule has 0 aliphatic carbocycles. The minimum absolute atomic E-state index is 0.365. The molecule has 0 bridgehead atoms. The molecular formula is C13H21N3O2. The highest BCUT2D eigenvalue weighted by molar-refractivity contribution is 6.35. The predicted molar refractivity (Wildman–Crippen MR) is 71.1 cm³/mol. The Kier molecular flexibility index (Phi) is 5.58. The fraction of sp³-hybridized carbons (Fsp3) is 0.538. The van der Waals surface area contributed by atoms with Crippen molar-refractivity contribution in [3.05, 3.63) is 25.3 Å². The first kappa shape index (κ1) is 14.4. The fourth-order valence-corrected chi connectivity index (χ4v) is 1.83. The standard InChI is InChI=1S/C13H21N3O2/c1-4-6-15(7-5-2)12(17)13(18)16-10-8-14(3)9-11-16/h4-5H,1-2,6-11H2,3H3. The summed E-state index contributed by atoms with van der Waals surface area (Å²) in [5.74, 6) is -0.897. The van der Waals surface area contributed by atoms with Gasteiger partial charge in [0.05, 0.1) is 0 Å². The van der Waals surface area contributed by atoms with Crippen molar-refractivity contribution in [2.45, 2.75) is 0 Å². The van der Waals surface area contributed by atoms with Gasteiger partial charge in [0.2, 0.25) is 0 Å². The third-order valence-corrected chi connectivity index (χ3v) is 2.96. The predicted octanol–water partition coefficient (Wildman–Crippen LogP) is -0.0390. The summed E-state index contributed by atoms with van der Waals surface area (Å²) in [6.45, 7) is 10.7. The maximum atomic E-state index is 12.0. The Bertz CT molecular complexity index is 323. The number of amides is 2. The van der Waals surface area contributed by atoms with E-state index in [0.717, 1.165) is 13.1 Å². The van der Waals surface area contributed by atoms with Crippen LogP contribution >= 0.6 is 0 Å². The monoisotopic (exact) mass is 251 g/mol. The number of rotatable bonds is 4. The van der Waals surface area contributed by atoms with Gasteiger partial charge in [-0.05, 0) is 7.05 Å². The molecule has 1 saturated heterocycles. The van der Waals surface area contributed by atoms with E-state index in [0.29, 0.717) is 26.2 Å². The normalized spacial score (nSPS) is 16.2. The minimum atomic E-state index is -0.473. The Morgan fingerprint density at radius 1 is 1.11 bits per heavy atom. The number of piperazine rings is 1. The van der Waals surface area contributed by atoms with Crippen molar-refractivity contribution in [2.75, 3.05) is 46.3 Å². The highest BCUT2D eigenvalue weighted by Crippen LogP contribution is 2.02. The molecule has 0 aromatic carbocycles. The maximum Gasteiger partial charge on any atom is 0.312 e. The van der Waals surface area contributed by atoms with E-state index in [1.165, 1.54) is 4.90 Å². The van der Waals surface area contributed by atoms with Crippen LogP contribution < -0.4 is 0 Å². The van der Waals surface area contributed by atoms with Crippen LogP contribution in [0.15, 0.2) is 25.3 Å². The summed E-state index contributed by atoms with van der Waals surface area (Å²) in [5, 5.41) is 0. The summed E-state index contributed by atoms with van der Waals surface area (Å²) in [7, 11) is 2.01. The van der Waals surface area contributed by atoms with E-state index < -0.39 is 11.8 Å². The van der Waals surface area contributed by atoms with E-state index in [1.807, 2.05) is 7.05 Å². The fourth-order valence-electron chi connectivity index (χ4n) is 1.83. The van der Waals surface area contributed by atoms with Crippen molar-refractivity contribution in [2.24, 2.45) is 0 Å². The number of carbonyl (C=O) groups is 2. The first-order valence-electron chi connectivity index (χ1n) is 6.08. The van der Waals surface area contributed by atoms with Crippen LogP contribution in [0.4, 0.5) is 0 Å².